The topological polar surface area (TPSA) is 120 Å². The van der Waals surface area contributed by atoms with Gasteiger partial charge in [-0.15, -0.1) is 11.3 Å². The number of amides is 1. The third kappa shape index (κ3) is 6.32. The molecule has 1 aromatic carbocycles. The number of hydrogen-bond acceptors (Lipinski definition) is 13. The number of anilines is 4. The van der Waals surface area contributed by atoms with E-state index in [1.807, 2.05) is 22.4 Å². The van der Waals surface area contributed by atoms with Crippen LogP contribution in [0, 0.1) is 0 Å². The predicted molar refractivity (Wildman–Crippen MR) is 162 cm³/mol. The Morgan fingerprint density at radius 2 is 1.32 bits per heavy atom. The Kier molecular flexibility index (Phi) is 8.37. The first-order chi connectivity index (χ1) is 20.1. The largest absolute Gasteiger partial charge is 0.465 e. The molecule has 3 aromatic rings. The van der Waals surface area contributed by atoms with Crippen LogP contribution in [0.1, 0.15) is 36.0 Å². The van der Waals surface area contributed by atoms with Gasteiger partial charge in [-0.2, -0.15) is 15.0 Å². The second-order valence-electron chi connectivity index (χ2n) is 10.2. The molecule has 0 saturated carbocycles. The van der Waals surface area contributed by atoms with Crippen LogP contribution >= 0.6 is 23.3 Å². The molecule has 5 heterocycles. The maximum Gasteiger partial charge on any atom is 0.337 e. The maximum absolute atomic E-state index is 13.0. The summed E-state index contributed by atoms with van der Waals surface area (Å²) in [6.07, 6.45) is 4.66. The van der Waals surface area contributed by atoms with E-state index in [4.69, 9.17) is 19.7 Å². The molecule has 0 aliphatic carbocycles. The molecule has 0 spiro atoms. The summed E-state index contributed by atoms with van der Waals surface area (Å²) in [6.45, 7) is 6.45. The van der Waals surface area contributed by atoms with Crippen molar-refractivity contribution < 1.29 is 14.3 Å². The zero-order valence-electron chi connectivity index (χ0n) is 23.0. The van der Waals surface area contributed by atoms with E-state index in [9.17, 15) is 9.59 Å². The summed E-state index contributed by atoms with van der Waals surface area (Å²) in [5.41, 5.74) is 2.14. The Labute approximate surface area is 247 Å². The molecule has 3 aliphatic heterocycles. The molecule has 12 nitrogen and oxygen atoms in total. The number of aromatic nitrogens is 4. The predicted octanol–water partition coefficient (Wildman–Crippen LogP) is 3.98. The fraction of sp³-hybridized carbons (Fsp3) is 0.481. The number of carbonyl (C=O) groups is 2. The number of nitrogens with one attached hydrogen (secondary N) is 1. The molecule has 0 unspecified atom stereocenters. The van der Waals surface area contributed by atoms with Crippen molar-refractivity contribution in [2.45, 2.75) is 25.7 Å². The summed E-state index contributed by atoms with van der Waals surface area (Å²) < 4.78 is 7.84. The Morgan fingerprint density at radius 3 is 1.85 bits per heavy atom. The molecule has 1 N–H and O–H groups in total. The highest BCUT2D eigenvalue weighted by atomic mass is 32.2. The van der Waals surface area contributed by atoms with E-state index in [1.165, 1.54) is 44.1 Å². The van der Waals surface area contributed by atoms with Crippen LogP contribution in [0.15, 0.2) is 29.6 Å². The van der Waals surface area contributed by atoms with Crippen LogP contribution < -0.4 is 19.4 Å². The molecular formula is C27H33N9O3S2. The minimum atomic E-state index is -0.375. The lowest BCUT2D eigenvalue weighted by Crippen LogP contribution is -2.48. The maximum atomic E-state index is 13.0. The van der Waals surface area contributed by atoms with Gasteiger partial charge < -0.3 is 24.3 Å². The molecule has 6 rings (SSSR count). The normalized spacial score (nSPS) is 17.3. The molecule has 3 aliphatic rings. The Balaban J connectivity index is 1.04. The number of methoxy groups -OCH3 is 1. The minimum absolute atomic E-state index is 0.0463. The van der Waals surface area contributed by atoms with Gasteiger partial charge in [0, 0.05) is 75.2 Å². The number of piperazine rings is 1. The third-order valence-electron chi connectivity index (χ3n) is 7.53. The summed E-state index contributed by atoms with van der Waals surface area (Å²) in [6, 6.07) is 7.08. The molecule has 41 heavy (non-hydrogen) atoms. The fourth-order valence-corrected chi connectivity index (χ4v) is 6.60. The number of hydrogen-bond donors (Lipinski definition) is 1. The monoisotopic (exact) mass is 595 g/mol. The molecule has 2 aromatic heterocycles. The highest BCUT2D eigenvalue weighted by molar-refractivity contribution is 8.14. The smallest absolute Gasteiger partial charge is 0.337 e. The molecule has 14 heteroatoms. The first kappa shape index (κ1) is 27.5. The average Bonchev–Trinajstić information content (AvgIpc) is 3.83. The zero-order valence-corrected chi connectivity index (χ0v) is 24.6. The lowest BCUT2D eigenvalue weighted by Gasteiger charge is -2.35. The van der Waals surface area contributed by atoms with Gasteiger partial charge in [0.2, 0.25) is 17.8 Å². The van der Waals surface area contributed by atoms with E-state index in [0.717, 1.165) is 61.3 Å². The molecule has 3 fully saturated rings. The van der Waals surface area contributed by atoms with Crippen molar-refractivity contribution in [3.05, 3.63) is 35.2 Å². The molecule has 3 saturated heterocycles. The Hall–Kier alpha value is -3.65. The summed E-state index contributed by atoms with van der Waals surface area (Å²) in [5, 5.41) is 2.51. The first-order valence-electron chi connectivity index (χ1n) is 13.9. The number of rotatable bonds is 7. The number of thiazole rings is 1. The minimum Gasteiger partial charge on any atom is -0.465 e. The summed E-state index contributed by atoms with van der Waals surface area (Å²) in [4.78, 5) is 52.3. The van der Waals surface area contributed by atoms with Crippen LogP contribution in [0.5, 0.6) is 0 Å². The highest BCUT2D eigenvalue weighted by Gasteiger charge is 2.27. The van der Waals surface area contributed by atoms with Gasteiger partial charge in [0.1, 0.15) is 0 Å². The van der Waals surface area contributed by atoms with E-state index in [-0.39, 0.29) is 11.2 Å². The SMILES string of the molecule is COC(=O)c1ccc(-c2csc(NSC(=O)N3CCN(c4nc(N5CCCC5)nc(N5CCCC5)n4)CC3)n2)cc1. The zero-order chi connectivity index (χ0) is 28.2. The van der Waals surface area contributed by atoms with Crippen molar-refractivity contribution in [2.75, 3.05) is 78.9 Å². The number of ether oxygens (including phenoxy) is 1. The molecule has 0 atom stereocenters. The van der Waals surface area contributed by atoms with Crippen molar-refractivity contribution in [1.29, 1.82) is 0 Å². The van der Waals surface area contributed by atoms with Gasteiger partial charge in [-0.05, 0) is 37.8 Å². The van der Waals surface area contributed by atoms with Crippen LogP contribution in [0.25, 0.3) is 11.3 Å². The molecule has 0 bridgehead atoms. The van der Waals surface area contributed by atoms with Gasteiger partial charge in [-0.3, -0.25) is 9.52 Å². The number of nitrogens with zero attached hydrogens (tertiary/aromatic N) is 8. The van der Waals surface area contributed by atoms with Crippen molar-refractivity contribution in [3.63, 3.8) is 0 Å². The van der Waals surface area contributed by atoms with Crippen molar-refractivity contribution in [2.24, 2.45) is 0 Å². The summed E-state index contributed by atoms with van der Waals surface area (Å²) in [5.74, 6) is 1.88. The fourth-order valence-electron chi connectivity index (χ4n) is 5.19. The summed E-state index contributed by atoms with van der Waals surface area (Å²) in [7, 11) is 1.36. The third-order valence-corrected chi connectivity index (χ3v) is 9.15. The highest BCUT2D eigenvalue weighted by Crippen LogP contribution is 2.28. The van der Waals surface area contributed by atoms with Crippen LogP contribution in [0.3, 0.4) is 0 Å². The lowest BCUT2D eigenvalue weighted by molar-refractivity contribution is 0.0600. The number of esters is 1. The van der Waals surface area contributed by atoms with Crippen molar-refractivity contribution >= 4 is 57.5 Å². The van der Waals surface area contributed by atoms with Gasteiger partial charge in [0.25, 0.3) is 0 Å². The van der Waals surface area contributed by atoms with Gasteiger partial charge >= 0.3 is 11.2 Å². The lowest BCUT2D eigenvalue weighted by atomic mass is 10.1. The van der Waals surface area contributed by atoms with Crippen LogP contribution in [0.4, 0.5) is 27.8 Å². The second-order valence-corrected chi connectivity index (χ2v) is 11.8. The molecule has 0 radical (unpaired) electrons. The summed E-state index contributed by atoms with van der Waals surface area (Å²) >= 11 is 2.47. The quantitative estimate of drug-likeness (QED) is 0.314. The molecule has 216 valence electrons. The van der Waals surface area contributed by atoms with Gasteiger partial charge in [0.05, 0.1) is 18.4 Å². The van der Waals surface area contributed by atoms with E-state index in [0.29, 0.717) is 42.8 Å². The Bertz CT molecular complexity index is 1330. The van der Waals surface area contributed by atoms with E-state index in [1.54, 1.807) is 12.1 Å². The first-order valence-corrected chi connectivity index (χ1v) is 15.6. The van der Waals surface area contributed by atoms with Crippen LogP contribution in [-0.2, 0) is 4.74 Å². The average molecular weight is 596 g/mol. The van der Waals surface area contributed by atoms with Gasteiger partial charge in [-0.1, -0.05) is 12.1 Å². The van der Waals surface area contributed by atoms with E-state index < -0.39 is 0 Å². The number of carbonyl (C=O) groups excluding carboxylic acids is 2. The second kappa shape index (κ2) is 12.5. The molecule has 1 amide bonds. The number of benzene rings is 1. The standard InChI is InChI=1S/C27H33N9O3S2/c1-39-22(37)20-8-6-19(7-9-20)21-18-40-26(28-21)32-41-27(38)36-16-14-35(15-17-36)25-30-23(33-10-2-3-11-33)29-24(31-25)34-12-4-5-13-34/h6-9,18H,2-5,10-17H2,1H3,(H,28,32). The van der Waals surface area contributed by atoms with E-state index >= 15 is 0 Å². The van der Waals surface area contributed by atoms with Crippen molar-refractivity contribution in [1.82, 2.24) is 24.8 Å². The van der Waals surface area contributed by atoms with Crippen LogP contribution in [0.2, 0.25) is 0 Å². The molecular weight excluding hydrogens is 562 g/mol. The van der Waals surface area contributed by atoms with Gasteiger partial charge in [0.15, 0.2) is 5.13 Å². The van der Waals surface area contributed by atoms with E-state index in [2.05, 4.69) is 24.4 Å². The Morgan fingerprint density at radius 1 is 0.780 bits per heavy atom. The van der Waals surface area contributed by atoms with Crippen molar-refractivity contribution in [3.8, 4) is 11.3 Å². The van der Waals surface area contributed by atoms with Gasteiger partial charge in [-0.25, -0.2) is 9.78 Å². The van der Waals surface area contributed by atoms with Crippen LogP contribution in [-0.4, -0.2) is 95.5 Å².